The SMILES string of the molecule is CC(C)Nc1ccc(NC(=O)c2ccccc2)cn1. The summed E-state index contributed by atoms with van der Waals surface area (Å²) in [7, 11) is 0. The summed E-state index contributed by atoms with van der Waals surface area (Å²) in [5.74, 6) is 0.666. The zero-order chi connectivity index (χ0) is 13.7. The molecular formula is C15H17N3O. The third-order valence-electron chi connectivity index (χ3n) is 2.49. The van der Waals surface area contributed by atoms with Crippen molar-refractivity contribution in [2.24, 2.45) is 0 Å². The van der Waals surface area contributed by atoms with Crippen molar-refractivity contribution in [1.82, 2.24) is 4.98 Å². The molecule has 1 aromatic carbocycles. The van der Waals surface area contributed by atoms with E-state index in [4.69, 9.17) is 0 Å². The zero-order valence-corrected chi connectivity index (χ0v) is 11.1. The Morgan fingerprint density at radius 2 is 1.84 bits per heavy atom. The molecule has 0 unspecified atom stereocenters. The van der Waals surface area contributed by atoms with Crippen LogP contribution in [-0.4, -0.2) is 16.9 Å². The Hall–Kier alpha value is -2.36. The highest BCUT2D eigenvalue weighted by Crippen LogP contribution is 2.12. The van der Waals surface area contributed by atoms with Gasteiger partial charge in [0.05, 0.1) is 11.9 Å². The molecule has 19 heavy (non-hydrogen) atoms. The molecule has 0 saturated carbocycles. The van der Waals surface area contributed by atoms with Crippen molar-refractivity contribution < 1.29 is 4.79 Å². The number of nitrogens with one attached hydrogen (secondary N) is 2. The van der Waals surface area contributed by atoms with Crippen molar-refractivity contribution in [3.8, 4) is 0 Å². The molecule has 0 aliphatic heterocycles. The Labute approximate surface area is 112 Å². The number of nitrogens with zero attached hydrogens (tertiary/aromatic N) is 1. The van der Waals surface area contributed by atoms with Gasteiger partial charge in [-0.05, 0) is 38.1 Å². The van der Waals surface area contributed by atoms with Crippen molar-refractivity contribution in [2.75, 3.05) is 10.6 Å². The van der Waals surface area contributed by atoms with Crippen LogP contribution in [0, 0.1) is 0 Å². The number of aromatic nitrogens is 1. The normalized spacial score (nSPS) is 10.3. The number of benzene rings is 1. The average Bonchev–Trinajstić information content (AvgIpc) is 2.41. The van der Waals surface area contributed by atoms with Gasteiger partial charge in [0.2, 0.25) is 0 Å². The van der Waals surface area contributed by atoms with Gasteiger partial charge >= 0.3 is 0 Å². The van der Waals surface area contributed by atoms with Crippen LogP contribution in [0.4, 0.5) is 11.5 Å². The van der Waals surface area contributed by atoms with E-state index in [-0.39, 0.29) is 5.91 Å². The second kappa shape index (κ2) is 6.00. The standard InChI is InChI=1S/C15H17N3O/c1-11(2)17-14-9-8-13(10-16-14)18-15(19)12-6-4-3-5-7-12/h3-11H,1-2H3,(H,16,17)(H,18,19). The first-order chi connectivity index (χ1) is 9.15. The Morgan fingerprint density at radius 3 is 2.42 bits per heavy atom. The molecule has 0 saturated heterocycles. The fourth-order valence-corrected chi connectivity index (χ4v) is 1.64. The summed E-state index contributed by atoms with van der Waals surface area (Å²) in [5, 5.41) is 6.00. The van der Waals surface area contributed by atoms with Crippen molar-refractivity contribution in [3.05, 3.63) is 54.2 Å². The second-order valence-corrected chi connectivity index (χ2v) is 4.55. The molecule has 2 aromatic rings. The van der Waals surface area contributed by atoms with Crippen molar-refractivity contribution in [3.63, 3.8) is 0 Å². The quantitative estimate of drug-likeness (QED) is 0.882. The van der Waals surface area contributed by atoms with Crippen LogP contribution in [-0.2, 0) is 0 Å². The second-order valence-electron chi connectivity index (χ2n) is 4.55. The molecule has 0 aliphatic rings. The lowest BCUT2D eigenvalue weighted by molar-refractivity contribution is 0.102. The number of hydrogen-bond donors (Lipinski definition) is 2. The van der Waals surface area contributed by atoms with Crippen LogP contribution < -0.4 is 10.6 Å². The molecule has 4 heteroatoms. The maximum absolute atomic E-state index is 11.9. The summed E-state index contributed by atoms with van der Waals surface area (Å²) in [6.07, 6.45) is 1.64. The molecule has 1 amide bonds. The summed E-state index contributed by atoms with van der Waals surface area (Å²) < 4.78 is 0. The van der Waals surface area contributed by atoms with Gasteiger partial charge in [-0.1, -0.05) is 18.2 Å². The van der Waals surface area contributed by atoms with E-state index in [2.05, 4.69) is 15.6 Å². The molecule has 0 fully saturated rings. The molecular weight excluding hydrogens is 238 g/mol. The van der Waals surface area contributed by atoms with Crippen LogP contribution in [0.15, 0.2) is 48.7 Å². The van der Waals surface area contributed by atoms with E-state index < -0.39 is 0 Å². The summed E-state index contributed by atoms with van der Waals surface area (Å²) in [6.45, 7) is 4.10. The Balaban J connectivity index is 2.02. The van der Waals surface area contributed by atoms with Gasteiger partial charge in [0, 0.05) is 11.6 Å². The monoisotopic (exact) mass is 255 g/mol. The lowest BCUT2D eigenvalue weighted by atomic mass is 10.2. The van der Waals surface area contributed by atoms with Gasteiger partial charge in [0.25, 0.3) is 5.91 Å². The van der Waals surface area contributed by atoms with Crippen LogP contribution >= 0.6 is 0 Å². The van der Waals surface area contributed by atoms with Crippen LogP contribution in [0.5, 0.6) is 0 Å². The van der Waals surface area contributed by atoms with Crippen molar-refractivity contribution in [2.45, 2.75) is 19.9 Å². The third kappa shape index (κ3) is 3.81. The van der Waals surface area contributed by atoms with Crippen LogP contribution in [0.3, 0.4) is 0 Å². The predicted octanol–water partition coefficient (Wildman–Crippen LogP) is 3.15. The Bertz CT molecular complexity index is 535. The van der Waals surface area contributed by atoms with Crippen molar-refractivity contribution >= 4 is 17.4 Å². The van der Waals surface area contributed by atoms with Gasteiger partial charge in [0.15, 0.2) is 0 Å². The minimum Gasteiger partial charge on any atom is -0.368 e. The highest BCUT2D eigenvalue weighted by molar-refractivity contribution is 6.04. The molecule has 0 spiro atoms. The van der Waals surface area contributed by atoms with E-state index in [9.17, 15) is 4.79 Å². The van der Waals surface area contributed by atoms with Crippen LogP contribution in [0.2, 0.25) is 0 Å². The van der Waals surface area contributed by atoms with E-state index in [1.807, 2.05) is 44.2 Å². The van der Waals surface area contributed by atoms with Crippen LogP contribution in [0.25, 0.3) is 0 Å². The average molecular weight is 255 g/mol. The molecule has 1 heterocycles. The molecule has 1 aromatic heterocycles. The van der Waals surface area contributed by atoms with Gasteiger partial charge in [-0.25, -0.2) is 4.98 Å². The Kier molecular flexibility index (Phi) is 4.13. The summed E-state index contributed by atoms with van der Waals surface area (Å²) in [6, 6.07) is 13.1. The first kappa shape index (κ1) is 13.1. The molecule has 0 aliphatic carbocycles. The first-order valence-electron chi connectivity index (χ1n) is 6.24. The van der Waals surface area contributed by atoms with Crippen molar-refractivity contribution in [1.29, 1.82) is 0 Å². The van der Waals surface area contributed by atoms with Gasteiger partial charge in [-0.2, -0.15) is 0 Å². The number of carbonyl (C=O) groups is 1. The molecule has 2 N–H and O–H groups in total. The van der Waals surface area contributed by atoms with Gasteiger partial charge < -0.3 is 10.6 Å². The van der Waals surface area contributed by atoms with E-state index in [1.54, 1.807) is 18.3 Å². The Morgan fingerprint density at radius 1 is 1.11 bits per heavy atom. The van der Waals surface area contributed by atoms with E-state index in [0.717, 1.165) is 5.82 Å². The number of pyridine rings is 1. The topological polar surface area (TPSA) is 54.0 Å². The lowest BCUT2D eigenvalue weighted by Gasteiger charge is -2.10. The fourth-order valence-electron chi connectivity index (χ4n) is 1.64. The maximum Gasteiger partial charge on any atom is 0.255 e. The zero-order valence-electron chi connectivity index (χ0n) is 11.1. The third-order valence-corrected chi connectivity index (χ3v) is 2.49. The largest absolute Gasteiger partial charge is 0.368 e. The molecule has 4 nitrogen and oxygen atoms in total. The lowest BCUT2D eigenvalue weighted by Crippen LogP contribution is -2.13. The highest BCUT2D eigenvalue weighted by atomic mass is 16.1. The van der Waals surface area contributed by atoms with E-state index in [0.29, 0.717) is 17.3 Å². The smallest absolute Gasteiger partial charge is 0.255 e. The predicted molar refractivity (Wildman–Crippen MR) is 77.4 cm³/mol. The first-order valence-corrected chi connectivity index (χ1v) is 6.24. The minimum atomic E-state index is -0.132. The van der Waals surface area contributed by atoms with E-state index >= 15 is 0 Å². The number of rotatable bonds is 4. The molecule has 2 rings (SSSR count). The van der Waals surface area contributed by atoms with Gasteiger partial charge in [0.1, 0.15) is 5.82 Å². The molecule has 0 atom stereocenters. The molecule has 98 valence electrons. The summed E-state index contributed by atoms with van der Waals surface area (Å²) >= 11 is 0. The van der Waals surface area contributed by atoms with Crippen LogP contribution in [0.1, 0.15) is 24.2 Å². The van der Waals surface area contributed by atoms with Gasteiger partial charge in [-0.3, -0.25) is 4.79 Å². The number of anilines is 2. The fraction of sp³-hybridized carbons (Fsp3) is 0.200. The molecule has 0 radical (unpaired) electrons. The number of hydrogen-bond acceptors (Lipinski definition) is 3. The van der Waals surface area contributed by atoms with E-state index in [1.165, 1.54) is 0 Å². The summed E-state index contributed by atoms with van der Waals surface area (Å²) in [4.78, 5) is 16.2. The minimum absolute atomic E-state index is 0.132. The number of carbonyl (C=O) groups excluding carboxylic acids is 1. The number of amides is 1. The summed E-state index contributed by atoms with van der Waals surface area (Å²) in [5.41, 5.74) is 1.31. The highest BCUT2D eigenvalue weighted by Gasteiger charge is 2.05. The van der Waals surface area contributed by atoms with Gasteiger partial charge in [-0.15, -0.1) is 0 Å². The maximum atomic E-state index is 11.9. The molecule has 0 bridgehead atoms.